The van der Waals surface area contributed by atoms with Crippen molar-refractivity contribution in [2.45, 2.75) is 44.8 Å². The molecule has 1 aliphatic carbocycles. The molecule has 1 heterocycles. The fraction of sp³-hybridized carbons (Fsp3) is 0.636. The number of nitrogens with zero attached hydrogens (tertiary/aromatic N) is 2. The van der Waals surface area contributed by atoms with Crippen LogP contribution in [0.1, 0.15) is 38.2 Å². The summed E-state index contributed by atoms with van der Waals surface area (Å²) in [7, 11) is 0. The second kappa shape index (κ2) is 10.5. The van der Waals surface area contributed by atoms with Crippen LogP contribution in [0.3, 0.4) is 0 Å². The number of rotatable bonds is 6. The summed E-state index contributed by atoms with van der Waals surface area (Å²) in [6, 6.07) is 5.22. The van der Waals surface area contributed by atoms with Gasteiger partial charge in [0.2, 0.25) is 11.8 Å². The van der Waals surface area contributed by atoms with Gasteiger partial charge in [-0.3, -0.25) is 19.4 Å². The summed E-state index contributed by atoms with van der Waals surface area (Å²) in [5, 5.41) is 5.53. The first-order valence-electron chi connectivity index (χ1n) is 10.9. The van der Waals surface area contributed by atoms with Crippen molar-refractivity contribution < 1.29 is 22.8 Å². The van der Waals surface area contributed by atoms with Crippen molar-refractivity contribution >= 4 is 17.5 Å². The molecule has 1 aromatic carbocycles. The van der Waals surface area contributed by atoms with Crippen LogP contribution in [-0.2, 0) is 15.8 Å². The normalized spacial score (nSPS) is 23.4. The van der Waals surface area contributed by atoms with Gasteiger partial charge in [-0.15, -0.1) is 0 Å². The van der Waals surface area contributed by atoms with Gasteiger partial charge in [0.05, 0.1) is 24.3 Å². The molecule has 0 bridgehead atoms. The standard InChI is InChI=1S/C22H31F3N4O2/c1-16-6-2-4-8-18(16)26-20(30)14-28-10-12-29(13-11-28)15-21(31)27-19-9-5-3-7-17(19)22(23,24)25/h3,5,7,9,16,18H,2,4,6,8,10-15H2,1H3,(H,26,30)(H,27,31). The summed E-state index contributed by atoms with van der Waals surface area (Å²) >= 11 is 0. The molecule has 172 valence electrons. The van der Waals surface area contributed by atoms with Crippen LogP contribution in [0.4, 0.5) is 18.9 Å². The molecule has 3 rings (SSSR count). The Balaban J connectivity index is 1.41. The van der Waals surface area contributed by atoms with Gasteiger partial charge in [-0.05, 0) is 30.9 Å². The SMILES string of the molecule is CC1CCCCC1NC(=O)CN1CCN(CC(=O)Nc2ccccc2C(F)(F)F)CC1. The molecule has 2 unspecified atom stereocenters. The first-order chi connectivity index (χ1) is 14.7. The number of piperazine rings is 1. The van der Waals surface area contributed by atoms with Crippen molar-refractivity contribution in [2.24, 2.45) is 5.92 Å². The highest BCUT2D eigenvalue weighted by atomic mass is 19.4. The highest BCUT2D eigenvalue weighted by molar-refractivity contribution is 5.93. The summed E-state index contributed by atoms with van der Waals surface area (Å²) in [4.78, 5) is 28.6. The number of anilines is 1. The molecule has 1 aromatic rings. The molecule has 0 aromatic heterocycles. The molecule has 2 atom stereocenters. The summed E-state index contributed by atoms with van der Waals surface area (Å²) in [6.45, 7) is 4.98. The molecular weight excluding hydrogens is 409 g/mol. The smallest absolute Gasteiger partial charge is 0.352 e. The second-order valence-electron chi connectivity index (χ2n) is 8.58. The Kier molecular flexibility index (Phi) is 7.94. The Morgan fingerprint density at radius 2 is 1.55 bits per heavy atom. The van der Waals surface area contributed by atoms with Gasteiger partial charge >= 0.3 is 6.18 Å². The molecular formula is C22H31F3N4O2. The van der Waals surface area contributed by atoms with Crippen LogP contribution in [-0.4, -0.2) is 66.9 Å². The minimum absolute atomic E-state index is 0.0197. The maximum Gasteiger partial charge on any atom is 0.418 e. The molecule has 1 aliphatic heterocycles. The minimum Gasteiger partial charge on any atom is -0.352 e. The van der Waals surface area contributed by atoms with Crippen LogP contribution in [0.2, 0.25) is 0 Å². The third kappa shape index (κ3) is 6.93. The van der Waals surface area contributed by atoms with E-state index in [4.69, 9.17) is 0 Å². The molecule has 9 heteroatoms. The number of carbonyl (C=O) groups excluding carboxylic acids is 2. The van der Waals surface area contributed by atoms with E-state index in [2.05, 4.69) is 22.5 Å². The first kappa shape index (κ1) is 23.5. The number of nitrogens with one attached hydrogen (secondary N) is 2. The van der Waals surface area contributed by atoms with E-state index in [1.807, 2.05) is 4.90 Å². The predicted octanol–water partition coefficient (Wildman–Crippen LogP) is 2.96. The zero-order chi connectivity index (χ0) is 22.4. The van der Waals surface area contributed by atoms with E-state index in [9.17, 15) is 22.8 Å². The average Bonchev–Trinajstić information content (AvgIpc) is 2.71. The number of carbonyl (C=O) groups is 2. The van der Waals surface area contributed by atoms with Gasteiger partial charge in [-0.1, -0.05) is 31.9 Å². The highest BCUT2D eigenvalue weighted by Crippen LogP contribution is 2.34. The third-order valence-electron chi connectivity index (χ3n) is 6.16. The van der Waals surface area contributed by atoms with Crippen LogP contribution >= 0.6 is 0 Å². The molecule has 2 fully saturated rings. The molecule has 6 nitrogen and oxygen atoms in total. The molecule has 2 N–H and O–H groups in total. The lowest BCUT2D eigenvalue weighted by atomic mass is 9.86. The van der Waals surface area contributed by atoms with E-state index in [1.54, 1.807) is 0 Å². The van der Waals surface area contributed by atoms with Crippen molar-refractivity contribution in [1.29, 1.82) is 0 Å². The van der Waals surface area contributed by atoms with E-state index < -0.39 is 17.6 Å². The van der Waals surface area contributed by atoms with Crippen LogP contribution in [0, 0.1) is 5.92 Å². The van der Waals surface area contributed by atoms with Crippen molar-refractivity contribution in [3.8, 4) is 0 Å². The van der Waals surface area contributed by atoms with Crippen molar-refractivity contribution in [2.75, 3.05) is 44.6 Å². The first-order valence-corrected chi connectivity index (χ1v) is 10.9. The van der Waals surface area contributed by atoms with Gasteiger partial charge in [0.1, 0.15) is 0 Å². The van der Waals surface area contributed by atoms with E-state index in [1.165, 1.54) is 24.6 Å². The van der Waals surface area contributed by atoms with Gasteiger partial charge in [-0.2, -0.15) is 13.2 Å². The average molecular weight is 441 g/mol. The lowest BCUT2D eigenvalue weighted by Gasteiger charge is -2.35. The number of hydrogen-bond donors (Lipinski definition) is 2. The number of para-hydroxylation sites is 1. The lowest BCUT2D eigenvalue weighted by molar-refractivity contribution is -0.137. The fourth-order valence-electron chi connectivity index (χ4n) is 4.32. The third-order valence-corrected chi connectivity index (χ3v) is 6.16. The van der Waals surface area contributed by atoms with Gasteiger partial charge in [0, 0.05) is 32.2 Å². The quantitative estimate of drug-likeness (QED) is 0.714. The predicted molar refractivity (Wildman–Crippen MR) is 113 cm³/mol. The van der Waals surface area contributed by atoms with Crippen molar-refractivity contribution in [3.63, 3.8) is 0 Å². The Labute approximate surface area is 181 Å². The van der Waals surface area contributed by atoms with Crippen molar-refractivity contribution in [3.05, 3.63) is 29.8 Å². The molecule has 1 saturated heterocycles. The summed E-state index contributed by atoms with van der Waals surface area (Å²) in [5.41, 5.74) is -1.08. The number of alkyl halides is 3. The van der Waals surface area contributed by atoms with Gasteiger partial charge in [0.25, 0.3) is 0 Å². The summed E-state index contributed by atoms with van der Waals surface area (Å²) in [5.74, 6) is 0.0680. The number of benzene rings is 1. The van der Waals surface area contributed by atoms with Gasteiger partial charge in [-0.25, -0.2) is 0 Å². The fourth-order valence-corrected chi connectivity index (χ4v) is 4.32. The number of halogens is 3. The Bertz CT molecular complexity index is 763. The monoisotopic (exact) mass is 440 g/mol. The molecule has 2 amide bonds. The molecule has 0 spiro atoms. The maximum absolute atomic E-state index is 13.1. The largest absolute Gasteiger partial charge is 0.418 e. The lowest BCUT2D eigenvalue weighted by Crippen LogP contribution is -2.52. The Morgan fingerprint density at radius 1 is 0.968 bits per heavy atom. The summed E-state index contributed by atoms with van der Waals surface area (Å²) in [6.07, 6.45) is 0.0478. The summed E-state index contributed by atoms with van der Waals surface area (Å²) < 4.78 is 39.2. The highest BCUT2D eigenvalue weighted by Gasteiger charge is 2.33. The molecule has 31 heavy (non-hydrogen) atoms. The van der Waals surface area contributed by atoms with E-state index in [-0.39, 0.29) is 24.2 Å². The zero-order valence-electron chi connectivity index (χ0n) is 17.9. The number of amides is 2. The van der Waals surface area contributed by atoms with E-state index in [0.717, 1.165) is 25.3 Å². The van der Waals surface area contributed by atoms with Gasteiger partial charge in [0.15, 0.2) is 0 Å². The molecule has 0 radical (unpaired) electrons. The maximum atomic E-state index is 13.1. The Morgan fingerprint density at radius 3 is 2.16 bits per heavy atom. The van der Waals surface area contributed by atoms with E-state index in [0.29, 0.717) is 38.6 Å². The minimum atomic E-state index is -4.52. The Hall–Kier alpha value is -2.13. The van der Waals surface area contributed by atoms with Crippen LogP contribution in [0.15, 0.2) is 24.3 Å². The molecule has 2 aliphatic rings. The zero-order valence-corrected chi connectivity index (χ0v) is 17.9. The van der Waals surface area contributed by atoms with E-state index >= 15 is 0 Å². The van der Waals surface area contributed by atoms with Crippen LogP contribution in [0.5, 0.6) is 0 Å². The van der Waals surface area contributed by atoms with Crippen molar-refractivity contribution in [1.82, 2.24) is 15.1 Å². The van der Waals surface area contributed by atoms with Gasteiger partial charge < -0.3 is 10.6 Å². The van der Waals surface area contributed by atoms with Crippen LogP contribution < -0.4 is 10.6 Å². The second-order valence-corrected chi connectivity index (χ2v) is 8.58. The number of hydrogen-bond acceptors (Lipinski definition) is 4. The van der Waals surface area contributed by atoms with Crippen LogP contribution in [0.25, 0.3) is 0 Å². The molecule has 1 saturated carbocycles. The topological polar surface area (TPSA) is 64.7 Å².